The minimum absolute atomic E-state index is 0.0389. The Kier molecular flexibility index (Phi) is 5.76. The molecule has 0 spiro atoms. The summed E-state index contributed by atoms with van der Waals surface area (Å²) in [5.41, 5.74) is -4.29. The highest BCUT2D eigenvalue weighted by Gasteiger charge is 2.75. The highest BCUT2D eigenvalue weighted by molar-refractivity contribution is 6.01. The van der Waals surface area contributed by atoms with Crippen molar-refractivity contribution in [2.75, 3.05) is 7.11 Å². The zero-order chi connectivity index (χ0) is 26.1. The van der Waals surface area contributed by atoms with E-state index in [1.807, 2.05) is 38.1 Å². The fourth-order valence-electron chi connectivity index (χ4n) is 8.13. The van der Waals surface area contributed by atoms with E-state index in [1.165, 1.54) is 12.2 Å². The first kappa shape index (κ1) is 25.2. The van der Waals surface area contributed by atoms with E-state index in [-0.39, 0.29) is 24.7 Å². The summed E-state index contributed by atoms with van der Waals surface area (Å²) >= 11 is 0. The van der Waals surface area contributed by atoms with Crippen molar-refractivity contribution >= 4 is 11.7 Å². The van der Waals surface area contributed by atoms with E-state index in [0.29, 0.717) is 30.6 Å². The number of hydrogen-bond acceptors (Lipinski definition) is 5. The Labute approximate surface area is 211 Å². The number of carbonyl (C=O) groups is 2. The van der Waals surface area contributed by atoms with E-state index in [2.05, 4.69) is 5.32 Å². The van der Waals surface area contributed by atoms with Gasteiger partial charge in [-0.3, -0.25) is 9.59 Å². The van der Waals surface area contributed by atoms with Crippen LogP contribution in [0.5, 0.6) is 5.75 Å². The van der Waals surface area contributed by atoms with Crippen LogP contribution in [0.2, 0.25) is 0 Å². The lowest BCUT2D eigenvalue weighted by Crippen LogP contribution is -2.70. The van der Waals surface area contributed by atoms with Crippen molar-refractivity contribution in [3.63, 3.8) is 0 Å². The molecule has 3 saturated carbocycles. The number of nitrogens with one attached hydrogen (secondary N) is 1. The van der Waals surface area contributed by atoms with Crippen molar-refractivity contribution in [2.45, 2.75) is 70.4 Å². The van der Waals surface area contributed by atoms with Gasteiger partial charge < -0.3 is 20.3 Å². The highest BCUT2D eigenvalue weighted by atomic mass is 19.1. The van der Waals surface area contributed by atoms with Gasteiger partial charge in [0, 0.05) is 23.3 Å². The number of ether oxygens (including phenoxy) is 1. The molecule has 0 heterocycles. The Balaban J connectivity index is 1.46. The van der Waals surface area contributed by atoms with Gasteiger partial charge in [-0.1, -0.05) is 37.6 Å². The molecule has 0 aliphatic heterocycles. The lowest BCUT2D eigenvalue weighted by Gasteiger charge is -2.62. The Morgan fingerprint density at radius 1 is 1.28 bits per heavy atom. The summed E-state index contributed by atoms with van der Waals surface area (Å²) in [6.45, 7) is 5.67. The first-order chi connectivity index (χ1) is 16.9. The van der Waals surface area contributed by atoms with Crippen LogP contribution in [0, 0.1) is 28.6 Å². The lowest BCUT2D eigenvalue weighted by molar-refractivity contribution is -0.219. The summed E-state index contributed by atoms with van der Waals surface area (Å²) in [6.07, 6.45) is 4.60. The minimum Gasteiger partial charge on any atom is -0.497 e. The standard InChI is InChI=1S/C29H36FNO5/c1-17-12-23-22-9-8-19-14-20(32)10-11-26(19,2)28(22,30)24(33)15-27(23,3)29(17,35)25(34)31-16-18-6-5-7-21(13-18)36-4/h5-7,10-11,13-14,17,22-24,33,35H,8-9,12,15-16H2,1-4H3,(H,31,34)/t17-,22+,23+,24+,26+,27+,28+,29+/m1/s1. The quantitative estimate of drug-likeness (QED) is 0.590. The van der Waals surface area contributed by atoms with Gasteiger partial charge in [0.1, 0.15) is 5.75 Å². The molecule has 7 heteroatoms. The largest absolute Gasteiger partial charge is 0.497 e. The summed E-state index contributed by atoms with van der Waals surface area (Å²) in [5.74, 6) is -1.23. The van der Waals surface area contributed by atoms with E-state index in [9.17, 15) is 19.8 Å². The first-order valence-electron chi connectivity index (χ1n) is 12.9. The van der Waals surface area contributed by atoms with Crippen LogP contribution in [0.1, 0.15) is 52.0 Å². The van der Waals surface area contributed by atoms with Crippen molar-refractivity contribution < 1.29 is 28.9 Å². The number of benzene rings is 1. The average molecular weight is 498 g/mol. The average Bonchev–Trinajstić information content (AvgIpc) is 3.05. The molecule has 1 amide bonds. The number of aliphatic hydroxyl groups is 2. The second kappa shape index (κ2) is 8.25. The van der Waals surface area contributed by atoms with Crippen molar-refractivity contribution in [1.29, 1.82) is 0 Å². The van der Waals surface area contributed by atoms with Gasteiger partial charge in [-0.25, -0.2) is 4.39 Å². The predicted octanol–water partition coefficient (Wildman–Crippen LogP) is 3.66. The van der Waals surface area contributed by atoms with Gasteiger partial charge >= 0.3 is 0 Å². The fourth-order valence-corrected chi connectivity index (χ4v) is 8.13. The number of rotatable bonds is 4. The van der Waals surface area contributed by atoms with Crippen molar-refractivity contribution in [1.82, 2.24) is 5.32 Å². The van der Waals surface area contributed by atoms with Gasteiger partial charge in [-0.15, -0.1) is 0 Å². The molecule has 4 aliphatic carbocycles. The topological polar surface area (TPSA) is 95.9 Å². The third-order valence-corrected chi connectivity index (χ3v) is 10.2. The van der Waals surface area contributed by atoms with Crippen LogP contribution in [-0.4, -0.2) is 46.4 Å². The molecule has 0 radical (unpaired) electrons. The second-order valence-electron chi connectivity index (χ2n) is 11.7. The summed E-state index contributed by atoms with van der Waals surface area (Å²) in [4.78, 5) is 25.6. The molecule has 3 fully saturated rings. The highest BCUT2D eigenvalue weighted by Crippen LogP contribution is 2.70. The third kappa shape index (κ3) is 3.14. The Hall–Kier alpha value is -2.51. The van der Waals surface area contributed by atoms with E-state index in [1.54, 1.807) is 20.1 Å². The monoisotopic (exact) mass is 497 g/mol. The number of methoxy groups -OCH3 is 1. The smallest absolute Gasteiger partial charge is 0.253 e. The number of aliphatic hydroxyl groups excluding tert-OH is 1. The van der Waals surface area contributed by atoms with Crippen molar-refractivity contribution in [3.8, 4) is 5.75 Å². The van der Waals surface area contributed by atoms with Gasteiger partial charge in [0.2, 0.25) is 0 Å². The Morgan fingerprint density at radius 2 is 2.03 bits per heavy atom. The van der Waals surface area contributed by atoms with Crippen molar-refractivity contribution in [3.05, 3.63) is 53.6 Å². The molecule has 1 aromatic carbocycles. The lowest BCUT2D eigenvalue weighted by atomic mass is 9.44. The van der Waals surface area contributed by atoms with Crippen molar-refractivity contribution in [2.24, 2.45) is 28.6 Å². The number of alkyl halides is 1. The molecule has 36 heavy (non-hydrogen) atoms. The molecule has 8 atom stereocenters. The maximum atomic E-state index is 17.2. The van der Waals surface area contributed by atoms with Gasteiger partial charge in [-0.05, 0) is 74.3 Å². The van der Waals surface area contributed by atoms with E-state index >= 15 is 4.39 Å². The number of hydrogen-bond donors (Lipinski definition) is 3. The molecule has 0 unspecified atom stereocenters. The molecule has 194 valence electrons. The predicted molar refractivity (Wildman–Crippen MR) is 133 cm³/mol. The summed E-state index contributed by atoms with van der Waals surface area (Å²) in [7, 11) is 1.58. The summed E-state index contributed by atoms with van der Waals surface area (Å²) < 4.78 is 22.5. The molecule has 0 bridgehead atoms. The van der Waals surface area contributed by atoms with Gasteiger partial charge in [0.05, 0.1) is 13.2 Å². The van der Waals surface area contributed by atoms with Crippen LogP contribution in [-0.2, 0) is 16.1 Å². The van der Waals surface area contributed by atoms with E-state index in [0.717, 1.165) is 5.56 Å². The molecular formula is C29H36FNO5. The number of carbonyl (C=O) groups excluding carboxylic acids is 2. The van der Waals surface area contributed by atoms with Crippen LogP contribution < -0.4 is 10.1 Å². The third-order valence-electron chi connectivity index (χ3n) is 10.2. The maximum absolute atomic E-state index is 17.2. The van der Waals surface area contributed by atoms with Gasteiger partial charge in [-0.2, -0.15) is 0 Å². The van der Waals surface area contributed by atoms with Gasteiger partial charge in [0.25, 0.3) is 5.91 Å². The number of allylic oxidation sites excluding steroid dienone is 4. The van der Waals surface area contributed by atoms with E-state index in [4.69, 9.17) is 4.74 Å². The number of amides is 1. The van der Waals surface area contributed by atoms with Crippen LogP contribution in [0.3, 0.4) is 0 Å². The van der Waals surface area contributed by atoms with Crippen LogP contribution in [0.15, 0.2) is 48.1 Å². The van der Waals surface area contributed by atoms with Crippen LogP contribution in [0.25, 0.3) is 0 Å². The van der Waals surface area contributed by atoms with Crippen LogP contribution in [0.4, 0.5) is 4.39 Å². The summed E-state index contributed by atoms with van der Waals surface area (Å²) in [6, 6.07) is 7.35. The molecule has 4 aliphatic rings. The molecule has 0 saturated heterocycles. The molecule has 6 nitrogen and oxygen atoms in total. The Morgan fingerprint density at radius 3 is 2.75 bits per heavy atom. The normalized spacial score (nSPS) is 43.2. The minimum atomic E-state index is -1.99. The number of ketones is 1. The van der Waals surface area contributed by atoms with Gasteiger partial charge in [0.15, 0.2) is 17.1 Å². The number of fused-ring (bicyclic) bond motifs is 5. The molecule has 1 aromatic rings. The maximum Gasteiger partial charge on any atom is 0.253 e. The SMILES string of the molecule is COc1cccc(CNC(=O)[C@@]2(O)[C@H](C)C[C@H]3[C@@H]4CCC5=CC(=O)C=C[C@]5(C)[C@@]4(F)[C@@H](O)C[C@@]32C)c1. The number of halogens is 1. The second-order valence-corrected chi connectivity index (χ2v) is 11.7. The fraction of sp³-hybridized carbons (Fsp3) is 0.586. The van der Waals surface area contributed by atoms with E-state index < -0.39 is 45.9 Å². The Bertz CT molecular complexity index is 1160. The molecule has 3 N–H and O–H groups in total. The van der Waals surface area contributed by atoms with Crippen LogP contribution >= 0.6 is 0 Å². The zero-order valence-electron chi connectivity index (χ0n) is 21.4. The molecule has 5 rings (SSSR count). The molecule has 0 aromatic heterocycles. The summed E-state index contributed by atoms with van der Waals surface area (Å²) in [5, 5.41) is 26.4. The first-order valence-corrected chi connectivity index (χ1v) is 12.9. The molecular weight excluding hydrogens is 461 g/mol. The zero-order valence-corrected chi connectivity index (χ0v) is 21.4.